The van der Waals surface area contributed by atoms with Crippen molar-refractivity contribution in [2.45, 2.75) is 26.8 Å². The quantitative estimate of drug-likeness (QED) is 0.699. The fourth-order valence-electron chi connectivity index (χ4n) is 1.10. The van der Waals surface area contributed by atoms with Crippen LogP contribution in [0.2, 0.25) is 0 Å². The zero-order chi connectivity index (χ0) is 9.14. The first-order valence-corrected chi connectivity index (χ1v) is 4.05. The second-order valence-corrected chi connectivity index (χ2v) is 3.22. The summed E-state index contributed by atoms with van der Waals surface area (Å²) in [5.41, 5.74) is 1.70. The van der Waals surface area contributed by atoms with Crippen LogP contribution in [-0.4, -0.2) is 11.0 Å². The highest BCUT2D eigenvalue weighted by atomic mass is 16.1. The van der Waals surface area contributed by atoms with Gasteiger partial charge in [-0.1, -0.05) is 0 Å². The van der Waals surface area contributed by atoms with Crippen LogP contribution in [0.4, 0.5) is 5.69 Å². The van der Waals surface area contributed by atoms with Gasteiger partial charge in [-0.15, -0.1) is 0 Å². The maximum atomic E-state index is 11.0. The molecule has 0 fully saturated rings. The third-order valence-corrected chi connectivity index (χ3v) is 1.43. The van der Waals surface area contributed by atoms with Gasteiger partial charge in [0.25, 0.3) is 0 Å². The van der Waals surface area contributed by atoms with Gasteiger partial charge in [0.2, 0.25) is 5.56 Å². The Labute approximate surface area is 71.8 Å². The first-order chi connectivity index (χ1) is 5.58. The van der Waals surface area contributed by atoms with Gasteiger partial charge >= 0.3 is 0 Å². The predicted octanol–water partition coefficient (Wildman–Crippen LogP) is 1.50. The first kappa shape index (κ1) is 8.84. The van der Waals surface area contributed by atoms with Gasteiger partial charge in [0.15, 0.2) is 0 Å². The van der Waals surface area contributed by atoms with Gasteiger partial charge < -0.3 is 10.3 Å². The van der Waals surface area contributed by atoms with Crippen molar-refractivity contribution in [3.63, 3.8) is 0 Å². The molecule has 0 saturated heterocycles. The van der Waals surface area contributed by atoms with Crippen LogP contribution in [0.1, 0.15) is 19.5 Å². The second kappa shape index (κ2) is 3.43. The van der Waals surface area contributed by atoms with Crippen LogP contribution in [0.15, 0.2) is 16.9 Å². The average Bonchev–Trinajstić information content (AvgIpc) is 1.81. The Kier molecular flexibility index (Phi) is 2.53. The predicted molar refractivity (Wildman–Crippen MR) is 50.6 cm³/mol. The molecular formula is C9H14N2O. The number of rotatable bonds is 2. The molecule has 0 saturated carbocycles. The van der Waals surface area contributed by atoms with Crippen LogP contribution in [0.3, 0.4) is 0 Å². The topological polar surface area (TPSA) is 44.9 Å². The molecule has 0 aliphatic carbocycles. The van der Waals surface area contributed by atoms with Crippen molar-refractivity contribution in [3.8, 4) is 0 Å². The van der Waals surface area contributed by atoms with Crippen molar-refractivity contribution in [3.05, 3.63) is 28.2 Å². The molecule has 0 unspecified atom stereocenters. The lowest BCUT2D eigenvalue weighted by Crippen LogP contribution is -2.13. The molecule has 1 heterocycles. The van der Waals surface area contributed by atoms with E-state index < -0.39 is 0 Å². The molecule has 3 heteroatoms. The van der Waals surface area contributed by atoms with Gasteiger partial charge in [-0.2, -0.15) is 0 Å². The Morgan fingerprint density at radius 3 is 2.58 bits per heavy atom. The molecule has 66 valence electrons. The maximum Gasteiger partial charge on any atom is 0.250 e. The second-order valence-electron chi connectivity index (χ2n) is 3.22. The summed E-state index contributed by atoms with van der Waals surface area (Å²) < 4.78 is 0. The lowest BCUT2D eigenvalue weighted by Gasteiger charge is -2.09. The van der Waals surface area contributed by atoms with E-state index >= 15 is 0 Å². The van der Waals surface area contributed by atoms with Crippen LogP contribution < -0.4 is 10.9 Å². The van der Waals surface area contributed by atoms with Gasteiger partial charge in [-0.25, -0.2) is 0 Å². The Morgan fingerprint density at radius 2 is 2.08 bits per heavy atom. The minimum absolute atomic E-state index is 0.0573. The van der Waals surface area contributed by atoms with E-state index in [1.807, 2.05) is 26.8 Å². The number of hydrogen-bond acceptors (Lipinski definition) is 2. The molecule has 0 atom stereocenters. The summed E-state index contributed by atoms with van der Waals surface area (Å²) in [4.78, 5) is 13.7. The minimum atomic E-state index is -0.0573. The fraction of sp³-hybridized carbons (Fsp3) is 0.444. The Morgan fingerprint density at radius 1 is 1.42 bits per heavy atom. The third-order valence-electron chi connectivity index (χ3n) is 1.43. The normalized spacial score (nSPS) is 10.3. The van der Waals surface area contributed by atoms with E-state index in [0.717, 1.165) is 11.4 Å². The van der Waals surface area contributed by atoms with Crippen molar-refractivity contribution in [1.29, 1.82) is 0 Å². The highest BCUT2D eigenvalue weighted by Gasteiger charge is 1.96. The van der Waals surface area contributed by atoms with Crippen molar-refractivity contribution in [2.24, 2.45) is 0 Å². The van der Waals surface area contributed by atoms with Gasteiger partial charge in [0.1, 0.15) is 0 Å². The van der Waals surface area contributed by atoms with E-state index in [1.165, 1.54) is 0 Å². The molecule has 2 N–H and O–H groups in total. The van der Waals surface area contributed by atoms with Gasteiger partial charge in [-0.05, 0) is 26.8 Å². The third kappa shape index (κ3) is 2.42. The van der Waals surface area contributed by atoms with E-state index in [-0.39, 0.29) is 5.56 Å². The highest BCUT2D eigenvalue weighted by molar-refractivity contribution is 5.43. The Balaban J connectivity index is 2.93. The van der Waals surface area contributed by atoms with Gasteiger partial charge in [0.05, 0.1) is 0 Å². The number of aromatic amines is 1. The average molecular weight is 166 g/mol. The largest absolute Gasteiger partial charge is 0.383 e. The summed E-state index contributed by atoms with van der Waals surface area (Å²) in [6.45, 7) is 5.94. The van der Waals surface area contributed by atoms with E-state index in [9.17, 15) is 4.79 Å². The van der Waals surface area contributed by atoms with Crippen molar-refractivity contribution < 1.29 is 0 Å². The number of H-pyrrole nitrogens is 1. The summed E-state index contributed by atoms with van der Waals surface area (Å²) >= 11 is 0. The van der Waals surface area contributed by atoms with Gasteiger partial charge in [0, 0.05) is 23.5 Å². The number of anilines is 1. The van der Waals surface area contributed by atoms with Crippen LogP contribution in [0.25, 0.3) is 0 Å². The van der Waals surface area contributed by atoms with Crippen molar-refractivity contribution in [1.82, 2.24) is 4.98 Å². The lowest BCUT2D eigenvalue weighted by molar-refractivity contribution is 0.897. The molecule has 0 bridgehead atoms. The number of hydrogen-bond donors (Lipinski definition) is 2. The SMILES string of the molecule is Cc1cc(NC(C)C)cc(=O)[nH]1. The molecule has 0 aliphatic rings. The molecule has 0 aliphatic heterocycles. The van der Waals surface area contributed by atoms with E-state index in [2.05, 4.69) is 10.3 Å². The Bertz CT molecular complexity index is 315. The summed E-state index contributed by atoms with van der Waals surface area (Å²) in [7, 11) is 0. The van der Waals surface area contributed by atoms with Crippen molar-refractivity contribution >= 4 is 5.69 Å². The molecule has 1 rings (SSSR count). The molecule has 0 aromatic carbocycles. The number of aromatic nitrogens is 1. The molecule has 0 radical (unpaired) electrons. The summed E-state index contributed by atoms with van der Waals surface area (Å²) in [6.07, 6.45) is 0. The molecule has 3 nitrogen and oxygen atoms in total. The summed E-state index contributed by atoms with van der Waals surface area (Å²) in [5, 5.41) is 3.17. The summed E-state index contributed by atoms with van der Waals surface area (Å²) in [5.74, 6) is 0. The van der Waals surface area contributed by atoms with Crippen LogP contribution in [-0.2, 0) is 0 Å². The first-order valence-electron chi connectivity index (χ1n) is 4.05. The van der Waals surface area contributed by atoms with Crippen LogP contribution in [0.5, 0.6) is 0 Å². The standard InChI is InChI=1S/C9H14N2O/c1-6(2)10-8-4-7(3)11-9(12)5-8/h4-6H,1-3H3,(H2,10,11,12). The number of nitrogens with one attached hydrogen (secondary N) is 2. The lowest BCUT2D eigenvalue weighted by atomic mass is 10.3. The van der Waals surface area contributed by atoms with Crippen LogP contribution >= 0.6 is 0 Å². The molecule has 0 spiro atoms. The zero-order valence-corrected chi connectivity index (χ0v) is 7.64. The van der Waals surface area contributed by atoms with E-state index in [0.29, 0.717) is 6.04 Å². The summed E-state index contributed by atoms with van der Waals surface area (Å²) in [6, 6.07) is 3.83. The smallest absolute Gasteiger partial charge is 0.250 e. The number of pyridine rings is 1. The van der Waals surface area contributed by atoms with E-state index in [4.69, 9.17) is 0 Å². The van der Waals surface area contributed by atoms with Gasteiger partial charge in [-0.3, -0.25) is 4.79 Å². The van der Waals surface area contributed by atoms with Crippen LogP contribution in [0, 0.1) is 6.92 Å². The molecule has 0 amide bonds. The Hall–Kier alpha value is -1.25. The highest BCUT2D eigenvalue weighted by Crippen LogP contribution is 2.05. The maximum absolute atomic E-state index is 11.0. The molecule has 1 aromatic rings. The van der Waals surface area contributed by atoms with Crippen molar-refractivity contribution in [2.75, 3.05) is 5.32 Å². The molecule has 1 aromatic heterocycles. The zero-order valence-electron chi connectivity index (χ0n) is 7.64. The number of aryl methyl sites for hydroxylation is 1. The fourth-order valence-corrected chi connectivity index (χ4v) is 1.10. The minimum Gasteiger partial charge on any atom is -0.383 e. The molecular weight excluding hydrogens is 152 g/mol. The van der Waals surface area contributed by atoms with E-state index in [1.54, 1.807) is 6.07 Å². The molecule has 12 heavy (non-hydrogen) atoms. The monoisotopic (exact) mass is 166 g/mol.